The predicted molar refractivity (Wildman–Crippen MR) is 86.0 cm³/mol. The second-order valence-electron chi connectivity index (χ2n) is 6.24. The summed E-state index contributed by atoms with van der Waals surface area (Å²) >= 11 is 0. The van der Waals surface area contributed by atoms with E-state index in [1.807, 2.05) is 6.07 Å². The Morgan fingerprint density at radius 1 is 1.27 bits per heavy atom. The molecule has 2 aliphatic rings. The van der Waals surface area contributed by atoms with E-state index in [2.05, 4.69) is 11.0 Å². The fourth-order valence-electron chi connectivity index (χ4n) is 3.60. The monoisotopic (exact) mass is 306 g/mol. The van der Waals surface area contributed by atoms with E-state index >= 15 is 0 Å². The first-order valence-corrected chi connectivity index (χ1v) is 8.06. The molecule has 0 bridgehead atoms. The Kier molecular flexibility index (Phi) is 4.45. The third kappa shape index (κ3) is 2.75. The summed E-state index contributed by atoms with van der Waals surface area (Å²) < 4.78 is 17.4. The van der Waals surface area contributed by atoms with Crippen molar-refractivity contribution in [3.05, 3.63) is 17.7 Å². The number of aryl methyl sites for hydroxylation is 1. The Morgan fingerprint density at radius 2 is 2.14 bits per heavy atom. The van der Waals surface area contributed by atoms with Gasteiger partial charge in [0, 0.05) is 19.5 Å². The molecule has 5 heteroatoms. The lowest BCUT2D eigenvalue weighted by atomic mass is 9.90. The highest BCUT2D eigenvalue weighted by molar-refractivity contribution is 5.57. The Labute approximate surface area is 132 Å². The summed E-state index contributed by atoms with van der Waals surface area (Å²) in [4.78, 5) is 2.46. The van der Waals surface area contributed by atoms with Crippen molar-refractivity contribution in [2.75, 3.05) is 40.4 Å². The lowest BCUT2D eigenvalue weighted by Crippen LogP contribution is -2.42. The van der Waals surface area contributed by atoms with Gasteiger partial charge in [0.15, 0.2) is 11.5 Å². The Bertz CT molecular complexity index is 535. The number of methoxy groups -OCH3 is 2. The minimum atomic E-state index is -0.0821. The molecule has 1 saturated heterocycles. The first kappa shape index (κ1) is 15.4. The molecule has 122 valence electrons. The van der Waals surface area contributed by atoms with Gasteiger partial charge in [-0.2, -0.15) is 0 Å². The van der Waals surface area contributed by atoms with Crippen molar-refractivity contribution >= 4 is 0 Å². The summed E-state index contributed by atoms with van der Waals surface area (Å²) in [6.07, 6.45) is 4.20. The Balaban J connectivity index is 1.81. The van der Waals surface area contributed by atoms with E-state index in [1.54, 1.807) is 14.2 Å². The molecule has 1 unspecified atom stereocenters. The predicted octanol–water partition coefficient (Wildman–Crippen LogP) is 1.82. The van der Waals surface area contributed by atoms with Gasteiger partial charge in [0.1, 0.15) is 5.60 Å². The fourth-order valence-corrected chi connectivity index (χ4v) is 3.60. The zero-order valence-corrected chi connectivity index (χ0v) is 13.6. The molecule has 22 heavy (non-hydrogen) atoms. The normalized spacial score (nSPS) is 24.1. The van der Waals surface area contributed by atoms with Crippen LogP contribution in [0.5, 0.6) is 17.2 Å². The van der Waals surface area contributed by atoms with Gasteiger partial charge in [-0.25, -0.2) is 0 Å². The highest BCUT2D eigenvalue weighted by Gasteiger charge is 2.43. The van der Waals surface area contributed by atoms with Gasteiger partial charge in [0.25, 0.3) is 0 Å². The van der Waals surface area contributed by atoms with E-state index in [0.717, 1.165) is 69.1 Å². The molecule has 0 radical (unpaired) electrons. The summed E-state index contributed by atoms with van der Waals surface area (Å²) in [6, 6.07) is 4.05. The number of nitrogens with zero attached hydrogens (tertiary/aromatic N) is 1. The molecule has 1 aromatic rings. The van der Waals surface area contributed by atoms with Crippen molar-refractivity contribution in [1.29, 1.82) is 0 Å². The van der Waals surface area contributed by atoms with Crippen LogP contribution < -0.4 is 19.9 Å². The lowest BCUT2D eigenvalue weighted by molar-refractivity contribution is 0.0507. The first-order valence-electron chi connectivity index (χ1n) is 8.06. The number of fused-ring (bicyclic) bond motifs is 1. The molecule has 0 aliphatic carbocycles. The summed E-state index contributed by atoms with van der Waals surface area (Å²) in [5.74, 6) is 2.32. The fraction of sp³-hybridized carbons (Fsp3) is 0.647. The number of ether oxygens (including phenoxy) is 3. The van der Waals surface area contributed by atoms with Crippen LogP contribution in [-0.4, -0.2) is 50.9 Å². The van der Waals surface area contributed by atoms with Gasteiger partial charge in [-0.3, -0.25) is 4.90 Å². The van der Waals surface area contributed by atoms with Crippen LogP contribution in [0.3, 0.4) is 0 Å². The number of benzene rings is 1. The molecule has 2 N–H and O–H groups in total. The van der Waals surface area contributed by atoms with E-state index in [1.165, 1.54) is 5.56 Å². The van der Waals surface area contributed by atoms with Crippen LogP contribution in [0.15, 0.2) is 12.1 Å². The van der Waals surface area contributed by atoms with Crippen LogP contribution in [0.4, 0.5) is 0 Å². The highest BCUT2D eigenvalue weighted by Crippen LogP contribution is 2.47. The van der Waals surface area contributed by atoms with Gasteiger partial charge in [-0.1, -0.05) is 6.07 Å². The molecular weight excluding hydrogens is 280 g/mol. The van der Waals surface area contributed by atoms with Crippen LogP contribution in [0.1, 0.15) is 24.8 Å². The number of hydrogen-bond donors (Lipinski definition) is 1. The number of likely N-dealkylation sites (tertiary alicyclic amines) is 1. The van der Waals surface area contributed by atoms with Crippen LogP contribution in [0, 0.1) is 0 Å². The van der Waals surface area contributed by atoms with E-state index in [4.69, 9.17) is 19.9 Å². The first-order chi connectivity index (χ1) is 10.7. The van der Waals surface area contributed by atoms with Gasteiger partial charge >= 0.3 is 0 Å². The summed E-state index contributed by atoms with van der Waals surface area (Å²) in [6.45, 7) is 3.87. The molecule has 1 aromatic carbocycles. The smallest absolute Gasteiger partial charge is 0.203 e. The number of rotatable bonds is 5. The average Bonchev–Trinajstić information content (AvgIpc) is 2.94. The molecule has 1 atom stereocenters. The maximum atomic E-state index is 6.48. The molecule has 2 heterocycles. The van der Waals surface area contributed by atoms with Gasteiger partial charge in [0.2, 0.25) is 5.75 Å². The zero-order chi connectivity index (χ0) is 15.6. The highest BCUT2D eigenvalue weighted by atomic mass is 16.5. The molecule has 3 rings (SSSR count). The van der Waals surface area contributed by atoms with Gasteiger partial charge in [0.05, 0.1) is 14.2 Å². The average molecular weight is 306 g/mol. The minimum Gasteiger partial charge on any atom is -0.493 e. The van der Waals surface area contributed by atoms with Crippen molar-refractivity contribution < 1.29 is 14.2 Å². The van der Waals surface area contributed by atoms with Crippen LogP contribution in [0.2, 0.25) is 0 Å². The number of hydrogen-bond acceptors (Lipinski definition) is 5. The van der Waals surface area contributed by atoms with Crippen molar-refractivity contribution in [2.45, 2.75) is 31.3 Å². The SMILES string of the molecule is COc1ccc2c(c1OC)OC1(CC2)CCN(CCCN)C1. The lowest BCUT2D eigenvalue weighted by Gasteiger charge is -2.36. The standard InChI is InChI=1S/C17H26N2O3/c1-20-14-5-4-13-6-7-17(22-15(13)16(14)21-2)8-11-19(12-17)10-3-9-18/h4-5H,3,6-12,18H2,1-2H3. The second kappa shape index (κ2) is 6.34. The summed E-state index contributed by atoms with van der Waals surface area (Å²) in [5.41, 5.74) is 6.75. The van der Waals surface area contributed by atoms with Crippen LogP contribution >= 0.6 is 0 Å². The number of nitrogens with two attached hydrogens (primary N) is 1. The van der Waals surface area contributed by atoms with Crippen molar-refractivity contribution in [1.82, 2.24) is 4.90 Å². The Hall–Kier alpha value is -1.46. The zero-order valence-electron chi connectivity index (χ0n) is 13.6. The van der Waals surface area contributed by atoms with Gasteiger partial charge in [-0.15, -0.1) is 0 Å². The quantitative estimate of drug-likeness (QED) is 0.899. The molecular formula is C17H26N2O3. The maximum absolute atomic E-state index is 6.48. The van der Waals surface area contributed by atoms with E-state index in [0.29, 0.717) is 0 Å². The van der Waals surface area contributed by atoms with E-state index in [-0.39, 0.29) is 5.60 Å². The minimum absolute atomic E-state index is 0.0821. The summed E-state index contributed by atoms with van der Waals surface area (Å²) in [5, 5.41) is 0. The topological polar surface area (TPSA) is 57.0 Å². The largest absolute Gasteiger partial charge is 0.493 e. The molecule has 0 amide bonds. The summed E-state index contributed by atoms with van der Waals surface area (Å²) in [7, 11) is 3.33. The molecule has 5 nitrogen and oxygen atoms in total. The van der Waals surface area contributed by atoms with Crippen molar-refractivity contribution in [2.24, 2.45) is 5.73 Å². The van der Waals surface area contributed by atoms with E-state index in [9.17, 15) is 0 Å². The third-order valence-corrected chi connectivity index (χ3v) is 4.82. The van der Waals surface area contributed by atoms with Crippen LogP contribution in [-0.2, 0) is 6.42 Å². The molecule has 1 fully saturated rings. The van der Waals surface area contributed by atoms with Crippen molar-refractivity contribution in [3.8, 4) is 17.2 Å². The molecule has 0 aromatic heterocycles. The molecule has 1 spiro atoms. The molecule has 2 aliphatic heterocycles. The van der Waals surface area contributed by atoms with Crippen LogP contribution in [0.25, 0.3) is 0 Å². The van der Waals surface area contributed by atoms with Gasteiger partial charge in [-0.05, 0) is 44.0 Å². The van der Waals surface area contributed by atoms with Crippen molar-refractivity contribution in [3.63, 3.8) is 0 Å². The second-order valence-corrected chi connectivity index (χ2v) is 6.24. The van der Waals surface area contributed by atoms with Gasteiger partial charge < -0.3 is 19.9 Å². The Morgan fingerprint density at radius 3 is 2.86 bits per heavy atom. The molecule has 0 saturated carbocycles. The van der Waals surface area contributed by atoms with E-state index < -0.39 is 0 Å². The third-order valence-electron chi connectivity index (χ3n) is 4.82. The maximum Gasteiger partial charge on any atom is 0.203 e.